The van der Waals surface area contributed by atoms with E-state index in [0.29, 0.717) is 29.2 Å². The van der Waals surface area contributed by atoms with Crippen LogP contribution < -0.4 is 15.0 Å². The van der Waals surface area contributed by atoms with Crippen molar-refractivity contribution in [2.45, 2.75) is 0 Å². The monoisotopic (exact) mass is 479 g/mol. The van der Waals surface area contributed by atoms with Crippen molar-refractivity contribution in [3.05, 3.63) is 64.7 Å². The molecule has 0 amide bonds. The number of nitrogens with zero attached hydrogens (tertiary/aromatic N) is 5. The number of nitro groups is 1. The Hall–Kier alpha value is -4.25. The molecular weight excluding hydrogens is 453 g/mol. The number of halogens is 1. The smallest absolute Gasteiger partial charge is 0.294 e. The van der Waals surface area contributed by atoms with Gasteiger partial charge in [-0.05, 0) is 32.3 Å². The van der Waals surface area contributed by atoms with Gasteiger partial charge >= 0.3 is 0 Å². The molecular formula is C24H26FN7O3. The fraction of sp³-hybridized carbons (Fsp3) is 0.250. The van der Waals surface area contributed by atoms with Crippen molar-refractivity contribution in [2.24, 2.45) is 0 Å². The maximum Gasteiger partial charge on any atom is 0.294 e. The molecule has 10 nitrogen and oxygen atoms in total. The highest BCUT2D eigenvalue weighted by Gasteiger charge is 2.20. The molecule has 0 saturated heterocycles. The normalized spacial score (nSPS) is 11.1. The molecule has 0 fully saturated rings. The third-order valence-electron chi connectivity index (χ3n) is 5.62. The van der Waals surface area contributed by atoms with E-state index in [4.69, 9.17) is 4.74 Å². The molecule has 0 spiro atoms. The number of nitrogens with one attached hydrogen (secondary N) is 2. The Kier molecular flexibility index (Phi) is 6.78. The summed E-state index contributed by atoms with van der Waals surface area (Å²) in [7, 11) is 7.26. The number of aromatic nitrogens is 3. The molecule has 0 unspecified atom stereocenters. The van der Waals surface area contributed by atoms with Crippen LogP contribution in [0.5, 0.6) is 5.75 Å². The molecule has 11 heteroatoms. The minimum absolute atomic E-state index is 0.0534. The first-order valence-corrected chi connectivity index (χ1v) is 10.9. The predicted octanol–water partition coefficient (Wildman–Crippen LogP) is 4.42. The van der Waals surface area contributed by atoms with Crippen LogP contribution >= 0.6 is 0 Å². The molecule has 0 bridgehead atoms. The highest BCUT2D eigenvalue weighted by atomic mass is 19.1. The van der Waals surface area contributed by atoms with Crippen molar-refractivity contribution >= 4 is 33.9 Å². The number of benzene rings is 2. The first-order valence-electron chi connectivity index (χ1n) is 10.9. The lowest BCUT2D eigenvalue weighted by Gasteiger charge is -2.21. The molecule has 0 aliphatic carbocycles. The van der Waals surface area contributed by atoms with Crippen LogP contribution in [0.1, 0.15) is 0 Å². The molecule has 0 atom stereocenters. The summed E-state index contributed by atoms with van der Waals surface area (Å²) in [6.45, 7) is 1.38. The van der Waals surface area contributed by atoms with Crippen molar-refractivity contribution in [2.75, 3.05) is 51.6 Å². The third-order valence-corrected chi connectivity index (χ3v) is 5.62. The number of fused-ring (bicyclic) bond motifs is 1. The van der Waals surface area contributed by atoms with Gasteiger partial charge in [0.1, 0.15) is 17.1 Å². The van der Waals surface area contributed by atoms with Crippen LogP contribution in [0.15, 0.2) is 48.8 Å². The Morgan fingerprint density at radius 1 is 1.20 bits per heavy atom. The molecule has 2 N–H and O–H groups in total. The zero-order valence-electron chi connectivity index (χ0n) is 19.9. The first-order chi connectivity index (χ1) is 16.8. The van der Waals surface area contributed by atoms with Gasteiger partial charge in [0.25, 0.3) is 5.69 Å². The Bertz CT molecular complexity index is 1370. The summed E-state index contributed by atoms with van der Waals surface area (Å²) in [6.07, 6.45) is 2.73. The van der Waals surface area contributed by atoms with Gasteiger partial charge < -0.3 is 24.8 Å². The van der Waals surface area contributed by atoms with E-state index in [1.807, 2.05) is 43.1 Å². The number of ether oxygens (including phenoxy) is 1. The number of hydrogen-bond acceptors (Lipinski definition) is 8. The Labute approximate surface area is 201 Å². The Balaban J connectivity index is 1.65. The number of likely N-dealkylation sites (N-methyl/N-ethyl adjacent to an activating group) is 2. The number of nitro benzene ring substituents is 1. The number of methoxy groups -OCH3 is 1. The molecule has 0 aliphatic heterocycles. The van der Waals surface area contributed by atoms with Crippen LogP contribution in [0.2, 0.25) is 0 Å². The predicted molar refractivity (Wildman–Crippen MR) is 134 cm³/mol. The maximum atomic E-state index is 14.7. The lowest BCUT2D eigenvalue weighted by molar-refractivity contribution is -0.384. The van der Waals surface area contributed by atoms with E-state index in [-0.39, 0.29) is 17.3 Å². The summed E-state index contributed by atoms with van der Waals surface area (Å²) >= 11 is 0. The second-order valence-electron chi connectivity index (χ2n) is 8.29. The van der Waals surface area contributed by atoms with Gasteiger partial charge in [0.05, 0.1) is 23.7 Å². The highest BCUT2D eigenvalue weighted by Crippen LogP contribution is 2.35. The minimum atomic E-state index is -0.594. The molecule has 2 heterocycles. The second-order valence-corrected chi connectivity index (χ2v) is 8.29. The summed E-state index contributed by atoms with van der Waals surface area (Å²) in [4.78, 5) is 26.6. The van der Waals surface area contributed by atoms with E-state index < -0.39 is 10.7 Å². The van der Waals surface area contributed by atoms with Gasteiger partial charge in [-0.3, -0.25) is 10.1 Å². The minimum Gasteiger partial charge on any atom is -0.495 e. The van der Waals surface area contributed by atoms with E-state index in [1.165, 1.54) is 6.07 Å². The quantitative estimate of drug-likeness (QED) is 0.268. The lowest BCUT2D eigenvalue weighted by Crippen LogP contribution is -2.28. The number of rotatable bonds is 9. The third kappa shape index (κ3) is 4.99. The zero-order valence-corrected chi connectivity index (χ0v) is 19.9. The second kappa shape index (κ2) is 9.94. The van der Waals surface area contributed by atoms with E-state index in [2.05, 4.69) is 20.3 Å². The fourth-order valence-corrected chi connectivity index (χ4v) is 3.78. The van der Waals surface area contributed by atoms with Crippen LogP contribution in [0.25, 0.3) is 22.2 Å². The topological polar surface area (TPSA) is 112 Å². The average Bonchev–Trinajstić information content (AvgIpc) is 3.27. The van der Waals surface area contributed by atoms with Crippen LogP contribution in [-0.2, 0) is 0 Å². The molecule has 182 valence electrons. The molecule has 0 radical (unpaired) electrons. The Morgan fingerprint density at radius 2 is 2.00 bits per heavy atom. The van der Waals surface area contributed by atoms with Gasteiger partial charge in [-0.1, -0.05) is 12.1 Å². The number of H-pyrrole nitrogens is 1. The van der Waals surface area contributed by atoms with Gasteiger partial charge in [-0.2, -0.15) is 0 Å². The van der Waals surface area contributed by atoms with E-state index >= 15 is 0 Å². The summed E-state index contributed by atoms with van der Waals surface area (Å²) < 4.78 is 20.1. The summed E-state index contributed by atoms with van der Waals surface area (Å²) in [6, 6.07) is 10.3. The lowest BCUT2D eigenvalue weighted by atomic mass is 10.1. The Morgan fingerprint density at radius 3 is 2.71 bits per heavy atom. The standard InChI is InChI=1S/C24H26FN7O3/c1-30(2)10-11-31(3)19-9-8-15(12-20(19)32(33)34)28-24-27-14-18(25)22(29-24)17-13-26-23-16(17)6-5-7-21(23)35-4/h5-9,12-14,26H,10-11H2,1-4H3,(H,27,28,29). The average molecular weight is 480 g/mol. The van der Waals surface area contributed by atoms with Crippen LogP contribution in [0, 0.1) is 15.9 Å². The maximum absolute atomic E-state index is 14.7. The molecule has 2 aromatic heterocycles. The molecule has 35 heavy (non-hydrogen) atoms. The van der Waals surface area contributed by atoms with E-state index in [9.17, 15) is 14.5 Å². The van der Waals surface area contributed by atoms with Crippen LogP contribution in [0.4, 0.5) is 27.4 Å². The van der Waals surface area contributed by atoms with Crippen molar-refractivity contribution in [1.82, 2.24) is 19.9 Å². The molecule has 4 aromatic rings. The van der Waals surface area contributed by atoms with Crippen LogP contribution in [0.3, 0.4) is 0 Å². The van der Waals surface area contributed by atoms with Gasteiger partial charge in [0.2, 0.25) is 5.95 Å². The van der Waals surface area contributed by atoms with Gasteiger partial charge in [-0.15, -0.1) is 0 Å². The molecule has 0 aliphatic rings. The zero-order chi connectivity index (χ0) is 25.1. The fourth-order valence-electron chi connectivity index (χ4n) is 3.78. The number of anilines is 3. The van der Waals surface area contributed by atoms with Gasteiger partial charge in [-0.25, -0.2) is 14.4 Å². The van der Waals surface area contributed by atoms with Gasteiger partial charge in [0, 0.05) is 49.0 Å². The number of aromatic amines is 1. The highest BCUT2D eigenvalue weighted by molar-refractivity contribution is 5.98. The van der Waals surface area contributed by atoms with E-state index in [0.717, 1.165) is 23.6 Å². The number of hydrogen-bond donors (Lipinski definition) is 2. The summed E-state index contributed by atoms with van der Waals surface area (Å²) in [5.41, 5.74) is 2.22. The van der Waals surface area contributed by atoms with E-state index in [1.54, 1.807) is 31.5 Å². The molecule has 4 rings (SSSR count). The van der Waals surface area contributed by atoms with Crippen molar-refractivity contribution in [3.8, 4) is 17.0 Å². The molecule has 0 saturated carbocycles. The summed E-state index contributed by atoms with van der Waals surface area (Å²) in [5.74, 6) is 0.147. The number of para-hydroxylation sites is 1. The van der Waals surface area contributed by atoms with Crippen LogP contribution in [-0.4, -0.2) is 66.1 Å². The van der Waals surface area contributed by atoms with Crippen molar-refractivity contribution < 1.29 is 14.1 Å². The first kappa shape index (κ1) is 23.9. The molecule has 2 aromatic carbocycles. The SMILES string of the molecule is COc1cccc2c(-c3nc(Nc4ccc(N(C)CCN(C)C)c([N+](=O)[O-])c4)ncc3F)c[nH]c12. The van der Waals surface area contributed by atoms with Gasteiger partial charge in [0.15, 0.2) is 5.82 Å². The largest absolute Gasteiger partial charge is 0.495 e. The van der Waals surface area contributed by atoms with Crippen molar-refractivity contribution in [3.63, 3.8) is 0 Å². The summed E-state index contributed by atoms with van der Waals surface area (Å²) in [5, 5.41) is 15.5. The van der Waals surface area contributed by atoms with Crippen molar-refractivity contribution in [1.29, 1.82) is 0 Å².